The van der Waals surface area contributed by atoms with Gasteiger partial charge >= 0.3 is 5.97 Å². The number of carbonyl (C=O) groups is 1. The summed E-state index contributed by atoms with van der Waals surface area (Å²) in [6.07, 6.45) is 0.915. The van der Waals surface area contributed by atoms with Crippen LogP contribution in [0.15, 0.2) is 18.2 Å². The molecule has 0 fully saturated rings. The van der Waals surface area contributed by atoms with Gasteiger partial charge in [-0.25, -0.2) is 0 Å². The molecule has 1 rings (SSSR count). The summed E-state index contributed by atoms with van der Waals surface area (Å²) in [5.41, 5.74) is 1.32. The van der Waals surface area contributed by atoms with E-state index in [1.165, 1.54) is 0 Å². The van der Waals surface area contributed by atoms with Crippen LogP contribution >= 0.6 is 0 Å². The smallest absolute Gasteiger partial charge is 0.310 e. The van der Waals surface area contributed by atoms with Crippen molar-refractivity contribution in [2.24, 2.45) is 0 Å². The standard InChI is InChI=1S/C13H18O3/c1-4-8(2)10-6-5-7-11(12(10)14)9(3)13(15)16/h5-9,14H,4H2,1-3H3,(H,15,16). The maximum atomic E-state index is 10.9. The molecular weight excluding hydrogens is 204 g/mol. The largest absolute Gasteiger partial charge is 0.507 e. The molecule has 2 unspecified atom stereocenters. The maximum Gasteiger partial charge on any atom is 0.310 e. The van der Waals surface area contributed by atoms with Crippen molar-refractivity contribution >= 4 is 5.97 Å². The Hall–Kier alpha value is -1.51. The number of phenols is 1. The topological polar surface area (TPSA) is 57.5 Å². The summed E-state index contributed by atoms with van der Waals surface area (Å²) in [7, 11) is 0. The lowest BCUT2D eigenvalue weighted by Crippen LogP contribution is -2.08. The molecular formula is C13H18O3. The number of benzene rings is 1. The van der Waals surface area contributed by atoms with Crippen LogP contribution in [0.1, 0.15) is 50.2 Å². The quantitative estimate of drug-likeness (QED) is 0.823. The lowest BCUT2D eigenvalue weighted by Gasteiger charge is -2.16. The van der Waals surface area contributed by atoms with E-state index in [1.54, 1.807) is 19.1 Å². The summed E-state index contributed by atoms with van der Waals surface area (Å²) in [6, 6.07) is 5.32. The Morgan fingerprint density at radius 3 is 2.38 bits per heavy atom. The Morgan fingerprint density at radius 1 is 1.31 bits per heavy atom. The van der Waals surface area contributed by atoms with E-state index in [2.05, 4.69) is 0 Å². The van der Waals surface area contributed by atoms with Crippen molar-refractivity contribution in [3.63, 3.8) is 0 Å². The van der Waals surface area contributed by atoms with Gasteiger partial charge in [0.15, 0.2) is 0 Å². The summed E-state index contributed by atoms with van der Waals surface area (Å²) < 4.78 is 0. The zero-order chi connectivity index (χ0) is 12.3. The monoisotopic (exact) mass is 222 g/mol. The minimum Gasteiger partial charge on any atom is -0.507 e. The summed E-state index contributed by atoms with van der Waals surface area (Å²) in [5.74, 6) is -1.23. The molecule has 0 amide bonds. The minimum absolute atomic E-state index is 0.131. The predicted octanol–water partition coefficient (Wildman–Crippen LogP) is 3.09. The van der Waals surface area contributed by atoms with Gasteiger partial charge < -0.3 is 10.2 Å². The van der Waals surface area contributed by atoms with Crippen LogP contribution in [-0.4, -0.2) is 16.2 Å². The number of carboxylic acids is 1. The second-order valence-electron chi connectivity index (χ2n) is 4.15. The van der Waals surface area contributed by atoms with Gasteiger partial charge in [0.25, 0.3) is 0 Å². The SMILES string of the molecule is CCC(C)c1cccc(C(C)C(=O)O)c1O. The van der Waals surface area contributed by atoms with Gasteiger partial charge in [-0.05, 0) is 24.8 Å². The third-order valence-corrected chi connectivity index (χ3v) is 3.08. The first-order valence-corrected chi connectivity index (χ1v) is 5.53. The van der Waals surface area contributed by atoms with E-state index in [1.807, 2.05) is 19.9 Å². The Balaban J connectivity index is 3.18. The maximum absolute atomic E-state index is 10.9. The highest BCUT2D eigenvalue weighted by Crippen LogP contribution is 2.34. The molecule has 3 nitrogen and oxygen atoms in total. The first-order chi connectivity index (χ1) is 7.49. The van der Waals surface area contributed by atoms with Gasteiger partial charge in [0.05, 0.1) is 5.92 Å². The van der Waals surface area contributed by atoms with Gasteiger partial charge in [0.1, 0.15) is 5.75 Å². The summed E-state index contributed by atoms with van der Waals surface area (Å²) >= 11 is 0. The molecule has 0 saturated carbocycles. The van der Waals surface area contributed by atoms with Gasteiger partial charge in [-0.15, -0.1) is 0 Å². The number of aliphatic carboxylic acids is 1. The molecule has 0 aliphatic heterocycles. The first-order valence-electron chi connectivity index (χ1n) is 5.53. The molecule has 1 aromatic carbocycles. The molecule has 2 atom stereocenters. The van der Waals surface area contributed by atoms with Crippen LogP contribution in [0, 0.1) is 0 Å². The fraction of sp³-hybridized carbons (Fsp3) is 0.462. The van der Waals surface area contributed by atoms with Crippen molar-refractivity contribution in [3.8, 4) is 5.75 Å². The summed E-state index contributed by atoms with van der Waals surface area (Å²) in [4.78, 5) is 10.9. The number of rotatable bonds is 4. The van der Waals surface area contributed by atoms with Gasteiger partial charge in [0.2, 0.25) is 0 Å². The highest BCUT2D eigenvalue weighted by atomic mass is 16.4. The highest BCUT2D eigenvalue weighted by Gasteiger charge is 2.20. The van der Waals surface area contributed by atoms with E-state index in [0.29, 0.717) is 5.56 Å². The minimum atomic E-state index is -0.920. The number of phenolic OH excluding ortho intramolecular Hbond substituents is 1. The lowest BCUT2D eigenvalue weighted by molar-refractivity contribution is -0.138. The number of hydrogen-bond donors (Lipinski definition) is 2. The van der Waals surface area contributed by atoms with E-state index in [-0.39, 0.29) is 11.7 Å². The predicted molar refractivity (Wildman–Crippen MR) is 62.9 cm³/mol. The van der Waals surface area contributed by atoms with Crippen molar-refractivity contribution in [2.75, 3.05) is 0 Å². The third-order valence-electron chi connectivity index (χ3n) is 3.08. The Bertz CT molecular complexity index is 385. The van der Waals surface area contributed by atoms with E-state index in [4.69, 9.17) is 5.11 Å². The second kappa shape index (κ2) is 5.01. The Kier molecular flexibility index (Phi) is 3.93. The number of hydrogen-bond acceptors (Lipinski definition) is 2. The van der Waals surface area contributed by atoms with Gasteiger partial charge in [-0.2, -0.15) is 0 Å². The molecule has 0 aliphatic carbocycles. The molecule has 0 radical (unpaired) electrons. The molecule has 0 heterocycles. The molecule has 16 heavy (non-hydrogen) atoms. The van der Waals surface area contributed by atoms with Crippen molar-refractivity contribution in [2.45, 2.75) is 39.0 Å². The van der Waals surface area contributed by atoms with Crippen LogP contribution in [0.5, 0.6) is 5.75 Å². The fourth-order valence-electron chi connectivity index (χ4n) is 1.68. The third kappa shape index (κ3) is 2.35. The van der Waals surface area contributed by atoms with Gasteiger partial charge in [-0.3, -0.25) is 4.79 Å². The van der Waals surface area contributed by atoms with E-state index >= 15 is 0 Å². The number of aromatic hydroxyl groups is 1. The van der Waals surface area contributed by atoms with E-state index in [0.717, 1.165) is 12.0 Å². The molecule has 0 saturated heterocycles. The van der Waals surface area contributed by atoms with Crippen LogP contribution in [0.25, 0.3) is 0 Å². The molecule has 88 valence electrons. The van der Waals surface area contributed by atoms with Crippen molar-refractivity contribution in [1.82, 2.24) is 0 Å². The van der Waals surface area contributed by atoms with Crippen molar-refractivity contribution < 1.29 is 15.0 Å². The molecule has 0 aromatic heterocycles. The van der Waals surface area contributed by atoms with Crippen LogP contribution in [-0.2, 0) is 4.79 Å². The zero-order valence-electron chi connectivity index (χ0n) is 9.90. The first kappa shape index (κ1) is 12.6. The van der Waals surface area contributed by atoms with Crippen molar-refractivity contribution in [1.29, 1.82) is 0 Å². The van der Waals surface area contributed by atoms with E-state index < -0.39 is 11.9 Å². The Labute approximate surface area is 95.7 Å². The summed E-state index contributed by atoms with van der Waals surface area (Å²) in [6.45, 7) is 5.64. The van der Waals surface area contributed by atoms with Crippen LogP contribution in [0.3, 0.4) is 0 Å². The normalized spacial score (nSPS) is 14.4. The Morgan fingerprint density at radius 2 is 1.88 bits per heavy atom. The molecule has 0 aliphatic rings. The molecule has 0 bridgehead atoms. The van der Waals surface area contributed by atoms with Crippen molar-refractivity contribution in [3.05, 3.63) is 29.3 Å². The zero-order valence-corrected chi connectivity index (χ0v) is 9.90. The second-order valence-corrected chi connectivity index (χ2v) is 4.15. The molecule has 2 N–H and O–H groups in total. The van der Waals surface area contributed by atoms with E-state index in [9.17, 15) is 9.90 Å². The fourth-order valence-corrected chi connectivity index (χ4v) is 1.68. The molecule has 3 heteroatoms. The lowest BCUT2D eigenvalue weighted by atomic mass is 9.91. The van der Waals surface area contributed by atoms with Gasteiger partial charge in [-0.1, -0.05) is 32.0 Å². The van der Waals surface area contributed by atoms with Gasteiger partial charge in [0, 0.05) is 5.56 Å². The average molecular weight is 222 g/mol. The molecule has 1 aromatic rings. The number of carboxylic acid groups (broad SMARTS) is 1. The van der Waals surface area contributed by atoms with Crippen LogP contribution in [0.2, 0.25) is 0 Å². The number of para-hydroxylation sites is 1. The summed E-state index contributed by atoms with van der Waals surface area (Å²) in [5, 5.41) is 19.0. The van der Waals surface area contributed by atoms with Crippen LogP contribution < -0.4 is 0 Å². The average Bonchev–Trinajstić information content (AvgIpc) is 2.27. The molecule has 0 spiro atoms. The van der Waals surface area contributed by atoms with Crippen LogP contribution in [0.4, 0.5) is 0 Å². The highest BCUT2D eigenvalue weighted by molar-refractivity contribution is 5.77.